The van der Waals surface area contributed by atoms with Gasteiger partial charge < -0.3 is 10.0 Å². The van der Waals surface area contributed by atoms with Gasteiger partial charge in [0.15, 0.2) is 0 Å². The molecule has 1 N–H and O–H groups in total. The molecule has 0 unspecified atom stereocenters. The number of hydrogen-bond donors (Lipinski definition) is 1. The summed E-state index contributed by atoms with van der Waals surface area (Å²) in [6, 6.07) is 0. The first-order valence-corrected chi connectivity index (χ1v) is 3.63. The number of ketones is 1. The van der Waals surface area contributed by atoms with Crippen LogP contribution in [0.4, 0.5) is 0 Å². The van der Waals surface area contributed by atoms with Gasteiger partial charge in [0.1, 0.15) is 0 Å². The average Bonchev–Trinajstić information content (AvgIpc) is 1.98. The van der Waals surface area contributed by atoms with Crippen LogP contribution in [0.25, 0.3) is 0 Å². The number of carbonyl (C=O) groups is 2. The Kier molecular flexibility index (Phi) is 4.04. The molecular weight excluding hydrogens is 158 g/mol. The zero-order chi connectivity index (χ0) is 9.72. The predicted octanol–water partition coefficient (Wildman–Crippen LogP) is 0.496. The maximum absolute atomic E-state index is 10.9. The number of hydrogen-bond acceptors (Lipinski definition) is 3. The third kappa shape index (κ3) is 3.18. The van der Waals surface area contributed by atoms with E-state index in [0.29, 0.717) is 12.0 Å². The molecule has 4 heteroatoms. The first-order chi connectivity index (χ1) is 5.49. The molecule has 4 nitrogen and oxygen atoms in total. The molecule has 68 valence electrons. The smallest absolute Gasteiger partial charge is 0.376 e. The molecule has 0 spiro atoms. The summed E-state index contributed by atoms with van der Waals surface area (Å²) >= 11 is 0. The Bertz CT molecular complexity index is 218. The van der Waals surface area contributed by atoms with Crippen LogP contribution in [0.15, 0.2) is 11.8 Å². The number of rotatable bonds is 4. The fourth-order valence-corrected chi connectivity index (χ4v) is 0.759. The second-order valence-electron chi connectivity index (χ2n) is 2.61. The molecule has 0 rings (SSSR count). The largest absolute Gasteiger partial charge is 0.475 e. The predicted molar refractivity (Wildman–Crippen MR) is 44.7 cm³/mol. The molecule has 0 fully saturated rings. The van der Waals surface area contributed by atoms with Gasteiger partial charge in [-0.2, -0.15) is 0 Å². The number of carboxylic acid groups (broad SMARTS) is 1. The van der Waals surface area contributed by atoms with Gasteiger partial charge in [0, 0.05) is 25.9 Å². The topological polar surface area (TPSA) is 57.6 Å². The minimum absolute atomic E-state index is 0.313. The molecule has 0 aromatic rings. The number of nitrogens with zero attached hydrogens (tertiary/aromatic N) is 1. The number of carboxylic acids is 1. The van der Waals surface area contributed by atoms with Crippen LogP contribution in [0, 0.1) is 0 Å². The van der Waals surface area contributed by atoms with Crippen molar-refractivity contribution in [2.45, 2.75) is 13.3 Å². The van der Waals surface area contributed by atoms with E-state index in [1.165, 1.54) is 6.20 Å². The summed E-state index contributed by atoms with van der Waals surface area (Å²) in [5, 5.41) is 8.39. The van der Waals surface area contributed by atoms with Crippen LogP contribution in [0.2, 0.25) is 0 Å². The van der Waals surface area contributed by atoms with Gasteiger partial charge >= 0.3 is 5.97 Å². The van der Waals surface area contributed by atoms with Gasteiger partial charge in [-0.25, -0.2) is 4.79 Å². The van der Waals surface area contributed by atoms with Crippen molar-refractivity contribution < 1.29 is 14.7 Å². The van der Waals surface area contributed by atoms with E-state index < -0.39 is 11.8 Å². The number of carbonyl (C=O) groups excluding carboxylic acids is 1. The minimum Gasteiger partial charge on any atom is -0.475 e. The molecular formula is C8H13NO3. The molecule has 0 aliphatic carbocycles. The molecule has 0 saturated heterocycles. The van der Waals surface area contributed by atoms with E-state index in [0.717, 1.165) is 0 Å². The van der Waals surface area contributed by atoms with Crippen LogP contribution in [-0.4, -0.2) is 35.9 Å². The van der Waals surface area contributed by atoms with Gasteiger partial charge in [0.25, 0.3) is 5.78 Å². The molecule has 0 radical (unpaired) electrons. The summed E-state index contributed by atoms with van der Waals surface area (Å²) in [5.41, 5.74) is 0.313. The van der Waals surface area contributed by atoms with E-state index in [9.17, 15) is 9.59 Å². The van der Waals surface area contributed by atoms with Crippen LogP contribution in [0.3, 0.4) is 0 Å². The van der Waals surface area contributed by atoms with Crippen molar-refractivity contribution in [2.24, 2.45) is 0 Å². The van der Waals surface area contributed by atoms with Crippen molar-refractivity contribution in [1.29, 1.82) is 0 Å². The van der Waals surface area contributed by atoms with Crippen molar-refractivity contribution in [3.8, 4) is 0 Å². The van der Waals surface area contributed by atoms with E-state index in [-0.39, 0.29) is 0 Å². The quantitative estimate of drug-likeness (QED) is 0.494. The lowest BCUT2D eigenvalue weighted by Gasteiger charge is -2.07. The fraction of sp³-hybridized carbons (Fsp3) is 0.500. The number of Topliss-reactive ketones (excluding diaryl/α,β-unsaturated/α-hetero) is 1. The fourth-order valence-electron chi connectivity index (χ4n) is 0.759. The standard InChI is InChI=1S/C8H13NO3/c1-4-6(5-9(2)3)7(10)8(11)12/h5H,4H2,1-3H3,(H,11,12). The molecule has 0 heterocycles. The summed E-state index contributed by atoms with van der Waals surface area (Å²) in [7, 11) is 3.48. The SMILES string of the molecule is CCC(=CN(C)C)C(=O)C(=O)O. The van der Waals surface area contributed by atoms with Crippen molar-refractivity contribution in [3.63, 3.8) is 0 Å². The summed E-state index contributed by atoms with van der Waals surface area (Å²) in [4.78, 5) is 22.8. The second-order valence-corrected chi connectivity index (χ2v) is 2.61. The Morgan fingerprint density at radius 1 is 1.42 bits per heavy atom. The van der Waals surface area contributed by atoms with Crippen LogP contribution in [0.5, 0.6) is 0 Å². The van der Waals surface area contributed by atoms with Crippen LogP contribution in [0.1, 0.15) is 13.3 Å². The van der Waals surface area contributed by atoms with Crippen molar-refractivity contribution in [1.82, 2.24) is 4.90 Å². The second kappa shape index (κ2) is 4.54. The molecule has 0 bridgehead atoms. The maximum atomic E-state index is 10.9. The van der Waals surface area contributed by atoms with Gasteiger partial charge in [-0.1, -0.05) is 6.92 Å². The molecule has 0 aromatic heterocycles. The summed E-state index contributed by atoms with van der Waals surface area (Å²) in [6.45, 7) is 1.75. The van der Waals surface area contributed by atoms with Gasteiger partial charge in [0.2, 0.25) is 0 Å². The highest BCUT2D eigenvalue weighted by Crippen LogP contribution is 2.02. The molecule has 0 aliphatic heterocycles. The third-order valence-electron chi connectivity index (χ3n) is 1.28. The Labute approximate surface area is 71.5 Å². The van der Waals surface area contributed by atoms with Crippen LogP contribution < -0.4 is 0 Å². The van der Waals surface area contributed by atoms with Crippen molar-refractivity contribution in [2.75, 3.05) is 14.1 Å². The first-order valence-electron chi connectivity index (χ1n) is 3.63. The summed E-state index contributed by atoms with van der Waals surface area (Å²) < 4.78 is 0. The molecule has 0 aliphatic rings. The first kappa shape index (κ1) is 10.7. The summed E-state index contributed by atoms with van der Waals surface area (Å²) in [5.74, 6) is -2.23. The van der Waals surface area contributed by atoms with E-state index >= 15 is 0 Å². The average molecular weight is 171 g/mol. The Hall–Kier alpha value is -1.32. The zero-order valence-corrected chi connectivity index (χ0v) is 7.50. The summed E-state index contributed by atoms with van der Waals surface area (Å²) in [6.07, 6.45) is 1.96. The highest BCUT2D eigenvalue weighted by atomic mass is 16.4. The van der Waals surface area contributed by atoms with E-state index in [1.807, 2.05) is 0 Å². The minimum atomic E-state index is -1.40. The Morgan fingerprint density at radius 3 is 2.17 bits per heavy atom. The molecule has 0 aromatic carbocycles. The van der Waals surface area contributed by atoms with E-state index in [1.54, 1.807) is 25.9 Å². The molecule has 12 heavy (non-hydrogen) atoms. The monoisotopic (exact) mass is 171 g/mol. The molecule has 0 amide bonds. The van der Waals surface area contributed by atoms with Gasteiger partial charge in [-0.15, -0.1) is 0 Å². The van der Waals surface area contributed by atoms with Crippen LogP contribution >= 0.6 is 0 Å². The van der Waals surface area contributed by atoms with Gasteiger partial charge in [0.05, 0.1) is 0 Å². The Balaban J connectivity index is 4.56. The lowest BCUT2D eigenvalue weighted by atomic mass is 10.1. The zero-order valence-electron chi connectivity index (χ0n) is 7.50. The lowest BCUT2D eigenvalue weighted by molar-refractivity contribution is -0.147. The lowest BCUT2D eigenvalue weighted by Crippen LogP contribution is -2.17. The van der Waals surface area contributed by atoms with Crippen molar-refractivity contribution >= 4 is 11.8 Å². The van der Waals surface area contributed by atoms with E-state index in [4.69, 9.17) is 5.11 Å². The third-order valence-corrected chi connectivity index (χ3v) is 1.28. The molecule has 0 saturated carbocycles. The van der Waals surface area contributed by atoms with Crippen molar-refractivity contribution in [3.05, 3.63) is 11.8 Å². The maximum Gasteiger partial charge on any atom is 0.376 e. The Morgan fingerprint density at radius 2 is 1.92 bits per heavy atom. The highest BCUT2D eigenvalue weighted by Gasteiger charge is 2.15. The highest BCUT2D eigenvalue weighted by molar-refractivity contribution is 6.39. The van der Waals surface area contributed by atoms with Gasteiger partial charge in [-0.05, 0) is 6.42 Å². The van der Waals surface area contributed by atoms with Gasteiger partial charge in [-0.3, -0.25) is 4.79 Å². The molecule has 0 atom stereocenters. The number of aliphatic carboxylic acids is 1. The van der Waals surface area contributed by atoms with Crippen LogP contribution in [-0.2, 0) is 9.59 Å². The van der Waals surface area contributed by atoms with E-state index in [2.05, 4.69) is 0 Å². The normalized spacial score (nSPS) is 11.1.